The summed E-state index contributed by atoms with van der Waals surface area (Å²) in [4.78, 5) is 19.3. The molecule has 1 saturated heterocycles. The first kappa shape index (κ1) is 17.8. The zero-order chi connectivity index (χ0) is 18.6. The van der Waals surface area contributed by atoms with Crippen molar-refractivity contribution >= 4 is 33.3 Å². The molecule has 1 aliphatic rings. The fourth-order valence-corrected chi connectivity index (χ4v) is 4.56. The van der Waals surface area contributed by atoms with E-state index >= 15 is 0 Å². The molecule has 1 aliphatic heterocycles. The number of hydrogen-bond acceptors (Lipinski definition) is 4. The van der Waals surface area contributed by atoms with E-state index in [1.165, 1.54) is 9.71 Å². The Morgan fingerprint density at radius 3 is 2.81 bits per heavy atom. The first-order valence-corrected chi connectivity index (χ1v) is 10.2. The van der Waals surface area contributed by atoms with Gasteiger partial charge in [-0.3, -0.25) is 0 Å². The third kappa shape index (κ3) is 4.06. The van der Waals surface area contributed by atoms with Crippen LogP contribution in [0, 0.1) is 0 Å². The van der Waals surface area contributed by atoms with Crippen molar-refractivity contribution in [2.24, 2.45) is 0 Å². The average Bonchev–Trinajstić information content (AvgIpc) is 3.13. The zero-order valence-electron chi connectivity index (χ0n) is 15.4. The molecular weight excluding hydrogens is 358 g/mol. The smallest absolute Gasteiger partial charge is 0.321 e. The maximum atomic E-state index is 12.6. The minimum Gasteiger partial charge on any atom is -0.494 e. The number of ether oxygens (including phenoxy) is 1. The minimum atomic E-state index is -0.0496. The van der Waals surface area contributed by atoms with E-state index in [9.17, 15) is 4.79 Å². The number of amides is 2. The van der Waals surface area contributed by atoms with E-state index in [0.29, 0.717) is 12.5 Å². The highest BCUT2D eigenvalue weighted by Gasteiger charge is 2.26. The van der Waals surface area contributed by atoms with E-state index in [1.807, 2.05) is 42.2 Å². The number of thiazole rings is 1. The molecule has 1 N–H and O–H groups in total. The highest BCUT2D eigenvalue weighted by molar-refractivity contribution is 7.18. The SMILES string of the molecule is CCOc1cccc(NC(=O)N2CCC(c3nc4ccccc4s3)CC2)c1. The number of likely N-dealkylation sites (tertiary alicyclic amines) is 1. The Hall–Kier alpha value is -2.60. The molecule has 0 atom stereocenters. The van der Waals surface area contributed by atoms with Gasteiger partial charge in [-0.25, -0.2) is 9.78 Å². The van der Waals surface area contributed by atoms with E-state index in [0.717, 1.165) is 42.9 Å². The van der Waals surface area contributed by atoms with Crippen molar-refractivity contribution < 1.29 is 9.53 Å². The number of anilines is 1. The number of carbonyl (C=O) groups excluding carboxylic acids is 1. The molecule has 5 nitrogen and oxygen atoms in total. The Balaban J connectivity index is 1.35. The van der Waals surface area contributed by atoms with Gasteiger partial charge in [0.2, 0.25) is 0 Å². The Morgan fingerprint density at radius 1 is 1.22 bits per heavy atom. The summed E-state index contributed by atoms with van der Waals surface area (Å²) in [5, 5.41) is 4.18. The maximum Gasteiger partial charge on any atom is 0.321 e. The molecule has 0 saturated carbocycles. The van der Waals surface area contributed by atoms with Crippen molar-refractivity contribution in [3.63, 3.8) is 0 Å². The van der Waals surface area contributed by atoms with Gasteiger partial charge in [-0.1, -0.05) is 18.2 Å². The molecular formula is C21H23N3O2S. The molecule has 4 rings (SSSR count). The summed E-state index contributed by atoms with van der Waals surface area (Å²) in [5.41, 5.74) is 1.84. The van der Waals surface area contributed by atoms with Crippen LogP contribution >= 0.6 is 11.3 Å². The van der Waals surface area contributed by atoms with Gasteiger partial charge < -0.3 is 15.0 Å². The van der Waals surface area contributed by atoms with Crippen LogP contribution in [0.1, 0.15) is 30.7 Å². The van der Waals surface area contributed by atoms with Crippen molar-refractivity contribution in [1.29, 1.82) is 0 Å². The molecule has 0 aliphatic carbocycles. The van der Waals surface area contributed by atoms with Crippen molar-refractivity contribution in [3.05, 3.63) is 53.5 Å². The van der Waals surface area contributed by atoms with Crippen LogP contribution in [0.25, 0.3) is 10.2 Å². The van der Waals surface area contributed by atoms with Gasteiger partial charge in [0.05, 0.1) is 21.8 Å². The summed E-state index contributed by atoms with van der Waals surface area (Å²) in [6.07, 6.45) is 1.90. The summed E-state index contributed by atoms with van der Waals surface area (Å²) in [6.45, 7) is 4.05. The van der Waals surface area contributed by atoms with E-state index in [4.69, 9.17) is 9.72 Å². The fraction of sp³-hybridized carbons (Fsp3) is 0.333. The number of rotatable bonds is 4. The third-order valence-electron chi connectivity index (χ3n) is 4.84. The molecule has 2 aromatic carbocycles. The maximum absolute atomic E-state index is 12.6. The number of piperidine rings is 1. The summed E-state index contributed by atoms with van der Waals surface area (Å²) < 4.78 is 6.73. The molecule has 0 radical (unpaired) electrons. The van der Waals surface area contributed by atoms with Gasteiger partial charge in [0, 0.05) is 30.8 Å². The standard InChI is InChI=1S/C21H23N3O2S/c1-2-26-17-7-5-6-16(14-17)22-21(25)24-12-10-15(11-13-24)20-23-18-8-3-4-9-19(18)27-20/h3-9,14-15H,2,10-13H2,1H3,(H,22,25). The van der Waals surface area contributed by atoms with Crippen LogP contribution in [0.15, 0.2) is 48.5 Å². The quantitative estimate of drug-likeness (QED) is 0.683. The zero-order valence-corrected chi connectivity index (χ0v) is 16.2. The van der Waals surface area contributed by atoms with E-state index < -0.39 is 0 Å². The van der Waals surface area contributed by atoms with Gasteiger partial charge in [-0.15, -0.1) is 11.3 Å². The first-order valence-electron chi connectivity index (χ1n) is 9.37. The van der Waals surface area contributed by atoms with Crippen molar-refractivity contribution in [2.75, 3.05) is 25.0 Å². The molecule has 6 heteroatoms. The number of fused-ring (bicyclic) bond motifs is 1. The van der Waals surface area contributed by atoms with Gasteiger partial charge in [-0.2, -0.15) is 0 Å². The van der Waals surface area contributed by atoms with Crippen molar-refractivity contribution in [2.45, 2.75) is 25.7 Å². The normalized spacial score (nSPS) is 15.1. The van der Waals surface area contributed by atoms with Crippen LogP contribution in [0.3, 0.4) is 0 Å². The van der Waals surface area contributed by atoms with Crippen molar-refractivity contribution in [1.82, 2.24) is 9.88 Å². The lowest BCUT2D eigenvalue weighted by molar-refractivity contribution is 0.194. The van der Waals surface area contributed by atoms with E-state index in [1.54, 1.807) is 11.3 Å². The van der Waals surface area contributed by atoms with Gasteiger partial charge in [0.1, 0.15) is 5.75 Å². The lowest BCUT2D eigenvalue weighted by Gasteiger charge is -2.31. The summed E-state index contributed by atoms with van der Waals surface area (Å²) in [6, 6.07) is 15.7. The largest absolute Gasteiger partial charge is 0.494 e. The van der Waals surface area contributed by atoms with Crippen LogP contribution in [0.5, 0.6) is 5.75 Å². The summed E-state index contributed by atoms with van der Waals surface area (Å²) in [7, 11) is 0. The molecule has 140 valence electrons. The number of nitrogens with one attached hydrogen (secondary N) is 1. The number of para-hydroxylation sites is 1. The van der Waals surface area contributed by atoms with Crippen LogP contribution in [-0.4, -0.2) is 35.6 Å². The van der Waals surface area contributed by atoms with Gasteiger partial charge in [0.25, 0.3) is 0 Å². The number of hydrogen-bond donors (Lipinski definition) is 1. The fourth-order valence-electron chi connectivity index (χ4n) is 3.43. The highest BCUT2D eigenvalue weighted by Crippen LogP contribution is 2.34. The number of urea groups is 1. The number of nitrogens with zero attached hydrogens (tertiary/aromatic N) is 2. The lowest BCUT2D eigenvalue weighted by atomic mass is 9.98. The molecule has 0 bridgehead atoms. The molecule has 0 unspecified atom stereocenters. The van der Waals surface area contributed by atoms with Gasteiger partial charge in [0.15, 0.2) is 0 Å². The van der Waals surface area contributed by atoms with Crippen LogP contribution in [-0.2, 0) is 0 Å². The Morgan fingerprint density at radius 2 is 2.04 bits per heavy atom. The van der Waals surface area contributed by atoms with Gasteiger partial charge in [-0.05, 0) is 44.0 Å². The molecule has 27 heavy (non-hydrogen) atoms. The summed E-state index contributed by atoms with van der Waals surface area (Å²) >= 11 is 1.78. The van der Waals surface area contributed by atoms with E-state index in [2.05, 4.69) is 23.5 Å². The predicted octanol–water partition coefficient (Wildman–Crippen LogP) is 5.11. The number of aromatic nitrogens is 1. The lowest BCUT2D eigenvalue weighted by Crippen LogP contribution is -2.40. The Kier molecular flexibility index (Phi) is 5.25. The van der Waals surface area contributed by atoms with Crippen LogP contribution in [0.4, 0.5) is 10.5 Å². The molecule has 1 fully saturated rings. The monoisotopic (exact) mass is 381 g/mol. The molecule has 2 heterocycles. The number of carbonyl (C=O) groups is 1. The molecule has 2 amide bonds. The van der Waals surface area contributed by atoms with Crippen LogP contribution < -0.4 is 10.1 Å². The third-order valence-corrected chi connectivity index (χ3v) is 6.04. The second-order valence-corrected chi connectivity index (χ2v) is 7.73. The van der Waals surface area contributed by atoms with Crippen LogP contribution in [0.2, 0.25) is 0 Å². The Labute approximate surface area is 163 Å². The Bertz CT molecular complexity index is 899. The molecule has 1 aromatic heterocycles. The molecule has 0 spiro atoms. The second kappa shape index (κ2) is 7.96. The molecule has 3 aromatic rings. The highest BCUT2D eigenvalue weighted by atomic mass is 32.1. The van der Waals surface area contributed by atoms with E-state index in [-0.39, 0.29) is 6.03 Å². The first-order chi connectivity index (χ1) is 13.2. The summed E-state index contributed by atoms with van der Waals surface area (Å²) in [5.74, 6) is 1.21. The minimum absolute atomic E-state index is 0.0496. The van der Waals surface area contributed by atoms with Gasteiger partial charge >= 0.3 is 6.03 Å². The predicted molar refractivity (Wildman–Crippen MR) is 110 cm³/mol. The second-order valence-electron chi connectivity index (χ2n) is 6.67. The topological polar surface area (TPSA) is 54.5 Å². The average molecular weight is 382 g/mol. The number of benzene rings is 2. The van der Waals surface area contributed by atoms with Crippen molar-refractivity contribution in [3.8, 4) is 5.75 Å².